The van der Waals surface area contributed by atoms with Crippen LogP contribution in [0.15, 0.2) is 33.7 Å². The molecule has 1 fully saturated rings. The summed E-state index contributed by atoms with van der Waals surface area (Å²) in [7, 11) is 0. The maximum Gasteiger partial charge on any atom is 0.437 e. The van der Waals surface area contributed by atoms with Gasteiger partial charge in [-0.05, 0) is 25.0 Å². The Hall–Kier alpha value is -2.44. The Labute approximate surface area is 127 Å². The van der Waals surface area contributed by atoms with E-state index in [9.17, 15) is 9.59 Å². The monoisotopic (exact) mass is 302 g/mol. The SMILES string of the molecule is O=C(Cn1nc(-c2cccnc2)oc1=O)N1CCCCCC1. The fraction of sp³-hybridized carbons (Fsp3) is 0.467. The van der Waals surface area contributed by atoms with E-state index in [0.717, 1.165) is 43.5 Å². The maximum absolute atomic E-state index is 12.3. The van der Waals surface area contributed by atoms with Crippen molar-refractivity contribution in [1.82, 2.24) is 19.7 Å². The van der Waals surface area contributed by atoms with Crippen molar-refractivity contribution >= 4 is 5.91 Å². The van der Waals surface area contributed by atoms with Gasteiger partial charge in [-0.25, -0.2) is 4.79 Å². The van der Waals surface area contributed by atoms with E-state index in [0.29, 0.717) is 5.56 Å². The minimum Gasteiger partial charge on any atom is -0.388 e. The van der Waals surface area contributed by atoms with Crippen molar-refractivity contribution in [3.63, 3.8) is 0 Å². The Morgan fingerprint density at radius 1 is 1.23 bits per heavy atom. The van der Waals surface area contributed by atoms with Gasteiger partial charge in [0.05, 0.1) is 5.56 Å². The van der Waals surface area contributed by atoms with Gasteiger partial charge in [-0.3, -0.25) is 9.78 Å². The molecule has 1 aliphatic heterocycles. The van der Waals surface area contributed by atoms with E-state index in [1.807, 2.05) is 0 Å². The first-order chi connectivity index (χ1) is 10.7. The summed E-state index contributed by atoms with van der Waals surface area (Å²) >= 11 is 0. The lowest BCUT2D eigenvalue weighted by atomic mass is 10.2. The molecule has 0 atom stereocenters. The predicted molar refractivity (Wildman–Crippen MR) is 79.0 cm³/mol. The molecule has 0 saturated carbocycles. The highest BCUT2D eigenvalue weighted by Gasteiger charge is 2.19. The Morgan fingerprint density at radius 2 is 2.00 bits per heavy atom. The number of rotatable bonds is 3. The minimum atomic E-state index is -0.623. The zero-order valence-corrected chi connectivity index (χ0v) is 12.3. The normalized spacial score (nSPS) is 15.5. The first kappa shape index (κ1) is 14.5. The molecule has 0 radical (unpaired) electrons. The van der Waals surface area contributed by atoms with Crippen molar-refractivity contribution in [1.29, 1.82) is 0 Å². The molecular formula is C15H18N4O3. The van der Waals surface area contributed by atoms with Crippen molar-refractivity contribution in [3.8, 4) is 11.5 Å². The number of likely N-dealkylation sites (tertiary alicyclic amines) is 1. The summed E-state index contributed by atoms with van der Waals surface area (Å²) in [6.07, 6.45) is 7.52. The predicted octanol–water partition coefficient (Wildman–Crippen LogP) is 1.30. The molecule has 1 aliphatic rings. The summed E-state index contributed by atoms with van der Waals surface area (Å²) < 4.78 is 6.18. The van der Waals surface area contributed by atoms with Crippen LogP contribution in [0.3, 0.4) is 0 Å². The minimum absolute atomic E-state index is 0.0808. The fourth-order valence-electron chi connectivity index (χ4n) is 2.56. The van der Waals surface area contributed by atoms with Crippen LogP contribution in [-0.2, 0) is 11.3 Å². The van der Waals surface area contributed by atoms with E-state index >= 15 is 0 Å². The summed E-state index contributed by atoms with van der Waals surface area (Å²) in [5.74, 6) is -0.529. The Bertz CT molecular complexity index is 684. The van der Waals surface area contributed by atoms with E-state index in [1.165, 1.54) is 0 Å². The number of hydrogen-bond donors (Lipinski definition) is 0. The first-order valence-corrected chi connectivity index (χ1v) is 7.50. The molecule has 0 bridgehead atoms. The highest BCUT2D eigenvalue weighted by atomic mass is 16.4. The molecule has 1 amide bonds. The zero-order chi connectivity index (χ0) is 15.4. The summed E-state index contributed by atoms with van der Waals surface area (Å²) in [5, 5.41) is 4.09. The maximum atomic E-state index is 12.3. The molecule has 2 aromatic rings. The summed E-state index contributed by atoms with van der Waals surface area (Å²) in [6.45, 7) is 1.42. The molecule has 0 aromatic carbocycles. The van der Waals surface area contributed by atoms with Gasteiger partial charge in [0, 0.05) is 25.5 Å². The van der Waals surface area contributed by atoms with E-state index in [4.69, 9.17) is 4.42 Å². The Morgan fingerprint density at radius 3 is 2.68 bits per heavy atom. The van der Waals surface area contributed by atoms with E-state index in [1.54, 1.807) is 29.4 Å². The molecule has 1 saturated heterocycles. The van der Waals surface area contributed by atoms with Crippen LogP contribution in [0.5, 0.6) is 0 Å². The Kier molecular flexibility index (Phi) is 4.32. The van der Waals surface area contributed by atoms with Gasteiger partial charge in [0.15, 0.2) is 0 Å². The van der Waals surface area contributed by atoms with E-state index < -0.39 is 5.76 Å². The molecule has 0 unspecified atom stereocenters. The molecule has 0 aliphatic carbocycles. The van der Waals surface area contributed by atoms with Crippen molar-refractivity contribution in [2.24, 2.45) is 0 Å². The van der Waals surface area contributed by atoms with Crippen LogP contribution in [0.2, 0.25) is 0 Å². The van der Waals surface area contributed by atoms with Crippen LogP contribution in [0.1, 0.15) is 25.7 Å². The second-order valence-electron chi connectivity index (χ2n) is 5.37. The summed E-state index contributed by atoms with van der Waals surface area (Å²) in [4.78, 5) is 29.9. The molecule has 7 nitrogen and oxygen atoms in total. The summed E-state index contributed by atoms with van der Waals surface area (Å²) in [6, 6.07) is 3.48. The van der Waals surface area contributed by atoms with Gasteiger partial charge in [0.2, 0.25) is 5.91 Å². The highest BCUT2D eigenvalue weighted by Crippen LogP contribution is 2.13. The average molecular weight is 302 g/mol. The van der Waals surface area contributed by atoms with Crippen molar-refractivity contribution in [3.05, 3.63) is 35.1 Å². The molecule has 116 valence electrons. The van der Waals surface area contributed by atoms with Gasteiger partial charge in [0.25, 0.3) is 5.89 Å². The van der Waals surface area contributed by atoms with Gasteiger partial charge in [-0.1, -0.05) is 12.8 Å². The standard InChI is InChI=1S/C15H18N4O3/c20-13(18-8-3-1-2-4-9-18)11-19-15(21)22-14(17-19)12-6-5-7-16-10-12/h5-7,10H,1-4,8-9,11H2. The lowest BCUT2D eigenvalue weighted by molar-refractivity contribution is -0.132. The third-order valence-corrected chi connectivity index (χ3v) is 3.76. The van der Waals surface area contributed by atoms with Crippen LogP contribution in [0.25, 0.3) is 11.5 Å². The third kappa shape index (κ3) is 3.24. The van der Waals surface area contributed by atoms with Crippen LogP contribution in [0.4, 0.5) is 0 Å². The van der Waals surface area contributed by atoms with Gasteiger partial charge in [-0.15, -0.1) is 5.10 Å². The van der Waals surface area contributed by atoms with Gasteiger partial charge >= 0.3 is 5.76 Å². The third-order valence-electron chi connectivity index (χ3n) is 3.76. The molecular weight excluding hydrogens is 284 g/mol. The van der Waals surface area contributed by atoms with Crippen molar-refractivity contribution in [2.75, 3.05) is 13.1 Å². The lowest BCUT2D eigenvalue weighted by Crippen LogP contribution is -2.36. The zero-order valence-electron chi connectivity index (χ0n) is 12.3. The molecule has 2 aromatic heterocycles. The van der Waals surface area contributed by atoms with E-state index in [2.05, 4.69) is 10.1 Å². The quantitative estimate of drug-likeness (QED) is 0.853. The van der Waals surface area contributed by atoms with Crippen molar-refractivity contribution in [2.45, 2.75) is 32.2 Å². The lowest BCUT2D eigenvalue weighted by Gasteiger charge is -2.19. The van der Waals surface area contributed by atoms with Crippen LogP contribution < -0.4 is 5.76 Å². The number of hydrogen-bond acceptors (Lipinski definition) is 5. The van der Waals surface area contributed by atoms with Crippen molar-refractivity contribution < 1.29 is 9.21 Å². The van der Waals surface area contributed by atoms with Crippen LogP contribution >= 0.6 is 0 Å². The smallest absolute Gasteiger partial charge is 0.388 e. The number of carbonyl (C=O) groups excluding carboxylic acids is 1. The largest absolute Gasteiger partial charge is 0.437 e. The molecule has 3 heterocycles. The number of pyridine rings is 1. The van der Waals surface area contributed by atoms with Gasteiger partial charge < -0.3 is 9.32 Å². The first-order valence-electron chi connectivity index (χ1n) is 7.50. The second-order valence-corrected chi connectivity index (χ2v) is 5.37. The van der Waals surface area contributed by atoms with Gasteiger partial charge in [-0.2, -0.15) is 4.68 Å². The average Bonchev–Trinajstić information content (AvgIpc) is 2.76. The number of amides is 1. The van der Waals surface area contributed by atoms with Gasteiger partial charge in [0.1, 0.15) is 6.54 Å². The number of nitrogens with zero attached hydrogens (tertiary/aromatic N) is 4. The molecule has 7 heteroatoms. The molecule has 3 rings (SSSR count). The second kappa shape index (κ2) is 6.55. The van der Waals surface area contributed by atoms with E-state index in [-0.39, 0.29) is 18.3 Å². The fourth-order valence-corrected chi connectivity index (χ4v) is 2.56. The Balaban J connectivity index is 1.74. The molecule has 0 N–H and O–H groups in total. The number of aromatic nitrogens is 3. The summed E-state index contributed by atoms with van der Waals surface area (Å²) in [5.41, 5.74) is 0.612. The topological polar surface area (TPSA) is 81.2 Å². The molecule has 22 heavy (non-hydrogen) atoms. The van der Waals surface area contributed by atoms with Crippen LogP contribution in [-0.4, -0.2) is 38.7 Å². The molecule has 0 spiro atoms. The number of carbonyl (C=O) groups is 1. The van der Waals surface area contributed by atoms with Crippen LogP contribution in [0, 0.1) is 0 Å². The highest BCUT2D eigenvalue weighted by molar-refractivity contribution is 5.75.